The monoisotopic (exact) mass is 294 g/mol. The van der Waals surface area contributed by atoms with Gasteiger partial charge in [-0.25, -0.2) is 4.98 Å². The molecule has 1 aromatic rings. The Morgan fingerprint density at radius 3 is 3.00 bits per heavy atom. The number of thiol groups is 1. The number of carbonyl (C=O) groups excluding carboxylic acids is 1. The Kier molecular flexibility index (Phi) is 3.38. The standard InChI is InChI=1S/C14H18N2O3S/c1-14(18)6-10(7-14)16-12(17)5-9-4-11(19-2-3-20)8-15-13(9)16/h4,8,10,18,20H,2-3,5-7H2,1H3. The number of rotatable bonds is 4. The Hall–Kier alpha value is -1.27. The Bertz CT molecular complexity index is 539. The second-order valence-electron chi connectivity index (χ2n) is 5.73. The summed E-state index contributed by atoms with van der Waals surface area (Å²) in [6.45, 7) is 2.32. The summed E-state index contributed by atoms with van der Waals surface area (Å²) in [7, 11) is 0. The lowest BCUT2D eigenvalue weighted by Gasteiger charge is -2.45. The summed E-state index contributed by atoms with van der Waals surface area (Å²) >= 11 is 4.09. The highest BCUT2D eigenvalue weighted by Crippen LogP contribution is 2.41. The minimum atomic E-state index is -0.649. The average Bonchev–Trinajstić information content (AvgIpc) is 2.68. The predicted octanol–water partition coefficient (Wildman–Crippen LogP) is 1.19. The number of anilines is 1. The summed E-state index contributed by atoms with van der Waals surface area (Å²) in [4.78, 5) is 18.3. The van der Waals surface area contributed by atoms with E-state index in [-0.39, 0.29) is 11.9 Å². The highest BCUT2D eigenvalue weighted by molar-refractivity contribution is 7.80. The van der Waals surface area contributed by atoms with Crippen LogP contribution < -0.4 is 9.64 Å². The molecule has 108 valence electrons. The van der Waals surface area contributed by atoms with Crippen LogP contribution in [0.1, 0.15) is 25.3 Å². The van der Waals surface area contributed by atoms with Crippen LogP contribution in [0.4, 0.5) is 5.82 Å². The van der Waals surface area contributed by atoms with E-state index in [0.717, 1.165) is 5.56 Å². The van der Waals surface area contributed by atoms with E-state index in [1.54, 1.807) is 18.0 Å². The van der Waals surface area contributed by atoms with Crippen molar-refractivity contribution in [2.45, 2.75) is 37.8 Å². The van der Waals surface area contributed by atoms with Gasteiger partial charge < -0.3 is 9.84 Å². The number of nitrogens with zero attached hydrogens (tertiary/aromatic N) is 2. The van der Waals surface area contributed by atoms with Crippen LogP contribution in [0.15, 0.2) is 12.3 Å². The number of amides is 1. The number of hydrogen-bond acceptors (Lipinski definition) is 5. The van der Waals surface area contributed by atoms with E-state index < -0.39 is 5.60 Å². The molecule has 0 unspecified atom stereocenters. The van der Waals surface area contributed by atoms with Gasteiger partial charge in [-0.1, -0.05) is 0 Å². The minimum absolute atomic E-state index is 0.0549. The molecule has 0 bridgehead atoms. The van der Waals surface area contributed by atoms with Crippen molar-refractivity contribution in [3.8, 4) is 5.75 Å². The van der Waals surface area contributed by atoms with Crippen LogP contribution >= 0.6 is 12.6 Å². The molecule has 0 saturated heterocycles. The summed E-state index contributed by atoms with van der Waals surface area (Å²) in [6, 6.07) is 1.94. The zero-order valence-corrected chi connectivity index (χ0v) is 12.3. The summed E-state index contributed by atoms with van der Waals surface area (Å²) in [5, 5.41) is 9.83. The van der Waals surface area contributed by atoms with Crippen molar-refractivity contribution >= 4 is 24.4 Å². The van der Waals surface area contributed by atoms with E-state index in [4.69, 9.17) is 4.74 Å². The molecule has 1 saturated carbocycles. The van der Waals surface area contributed by atoms with Crippen molar-refractivity contribution in [3.63, 3.8) is 0 Å². The van der Waals surface area contributed by atoms with Crippen LogP contribution in [0, 0.1) is 0 Å². The fourth-order valence-corrected chi connectivity index (χ4v) is 3.04. The van der Waals surface area contributed by atoms with Crippen LogP contribution in [0.2, 0.25) is 0 Å². The first-order valence-corrected chi connectivity index (χ1v) is 7.40. The molecule has 1 fully saturated rings. The minimum Gasteiger partial charge on any atom is -0.491 e. The molecule has 0 aromatic carbocycles. The van der Waals surface area contributed by atoms with Crippen LogP contribution in [0.5, 0.6) is 5.75 Å². The molecule has 0 atom stereocenters. The van der Waals surface area contributed by atoms with Crippen LogP contribution in [-0.2, 0) is 11.2 Å². The Labute approximate surface area is 123 Å². The number of carbonyl (C=O) groups is 1. The highest BCUT2D eigenvalue weighted by atomic mass is 32.1. The van der Waals surface area contributed by atoms with Crippen LogP contribution in [0.3, 0.4) is 0 Å². The summed E-state index contributed by atoms with van der Waals surface area (Å²) in [6.07, 6.45) is 3.22. The third kappa shape index (κ3) is 2.38. The maximum absolute atomic E-state index is 12.2. The van der Waals surface area contributed by atoms with E-state index in [0.29, 0.717) is 43.2 Å². The number of fused-ring (bicyclic) bond motifs is 1. The van der Waals surface area contributed by atoms with E-state index >= 15 is 0 Å². The van der Waals surface area contributed by atoms with Gasteiger partial charge in [0.2, 0.25) is 5.91 Å². The largest absolute Gasteiger partial charge is 0.491 e. The molecular formula is C14H18N2O3S. The van der Waals surface area contributed by atoms with Gasteiger partial charge in [0.25, 0.3) is 0 Å². The second-order valence-corrected chi connectivity index (χ2v) is 6.17. The van der Waals surface area contributed by atoms with Gasteiger partial charge in [0.05, 0.1) is 24.8 Å². The lowest BCUT2D eigenvalue weighted by molar-refractivity contribution is -0.119. The molecule has 0 radical (unpaired) electrons. The summed E-state index contributed by atoms with van der Waals surface area (Å²) < 4.78 is 5.48. The van der Waals surface area contributed by atoms with Crippen LogP contribution in [0.25, 0.3) is 0 Å². The molecule has 1 aliphatic heterocycles. The topological polar surface area (TPSA) is 62.7 Å². The van der Waals surface area contributed by atoms with Crippen molar-refractivity contribution in [2.24, 2.45) is 0 Å². The molecule has 1 aromatic heterocycles. The Morgan fingerprint density at radius 1 is 1.60 bits per heavy atom. The lowest BCUT2D eigenvalue weighted by atomic mass is 9.76. The van der Waals surface area contributed by atoms with Gasteiger partial charge in [-0.05, 0) is 25.8 Å². The molecular weight excluding hydrogens is 276 g/mol. The van der Waals surface area contributed by atoms with Crippen molar-refractivity contribution < 1.29 is 14.6 Å². The summed E-state index contributed by atoms with van der Waals surface area (Å²) in [5.41, 5.74) is 0.252. The van der Waals surface area contributed by atoms with Gasteiger partial charge in [0.15, 0.2) is 0 Å². The van der Waals surface area contributed by atoms with Crippen molar-refractivity contribution in [1.82, 2.24) is 4.98 Å². The molecule has 1 aliphatic carbocycles. The normalized spacial score (nSPS) is 28.2. The molecule has 1 N–H and O–H groups in total. The third-order valence-corrected chi connectivity index (χ3v) is 4.01. The fraction of sp³-hybridized carbons (Fsp3) is 0.571. The lowest BCUT2D eigenvalue weighted by Crippen LogP contribution is -2.55. The number of aromatic nitrogens is 1. The van der Waals surface area contributed by atoms with Gasteiger partial charge in [-0.3, -0.25) is 9.69 Å². The number of ether oxygens (including phenoxy) is 1. The van der Waals surface area contributed by atoms with Crippen LogP contribution in [-0.4, -0.2) is 40.0 Å². The van der Waals surface area contributed by atoms with Crippen molar-refractivity contribution in [3.05, 3.63) is 17.8 Å². The zero-order valence-electron chi connectivity index (χ0n) is 11.4. The first kappa shape index (κ1) is 13.7. The molecule has 3 rings (SSSR count). The van der Waals surface area contributed by atoms with E-state index in [1.807, 2.05) is 6.07 Å². The smallest absolute Gasteiger partial charge is 0.232 e. The SMILES string of the molecule is CC1(O)CC(N2C(=O)Cc3cc(OCCS)cnc32)C1. The van der Waals surface area contributed by atoms with Gasteiger partial charge in [-0.15, -0.1) is 0 Å². The van der Waals surface area contributed by atoms with E-state index in [9.17, 15) is 9.90 Å². The molecule has 0 spiro atoms. The Morgan fingerprint density at radius 2 is 2.35 bits per heavy atom. The van der Waals surface area contributed by atoms with Gasteiger partial charge in [0.1, 0.15) is 11.6 Å². The third-order valence-electron chi connectivity index (χ3n) is 3.83. The average molecular weight is 294 g/mol. The van der Waals surface area contributed by atoms with Crippen molar-refractivity contribution in [1.29, 1.82) is 0 Å². The maximum atomic E-state index is 12.2. The van der Waals surface area contributed by atoms with Gasteiger partial charge in [-0.2, -0.15) is 12.6 Å². The van der Waals surface area contributed by atoms with E-state index in [1.165, 1.54) is 0 Å². The van der Waals surface area contributed by atoms with Crippen molar-refractivity contribution in [2.75, 3.05) is 17.3 Å². The molecule has 2 aliphatic rings. The molecule has 20 heavy (non-hydrogen) atoms. The van der Waals surface area contributed by atoms with E-state index in [2.05, 4.69) is 17.6 Å². The molecule has 5 nitrogen and oxygen atoms in total. The molecule has 1 amide bonds. The van der Waals surface area contributed by atoms with Gasteiger partial charge >= 0.3 is 0 Å². The molecule has 2 heterocycles. The number of pyridine rings is 1. The molecule has 6 heteroatoms. The summed E-state index contributed by atoms with van der Waals surface area (Å²) in [5.74, 6) is 2.08. The fourth-order valence-electron chi connectivity index (χ4n) is 2.95. The number of hydrogen-bond donors (Lipinski definition) is 2. The van der Waals surface area contributed by atoms with Gasteiger partial charge in [0, 0.05) is 17.4 Å². The second kappa shape index (κ2) is 4.93. The maximum Gasteiger partial charge on any atom is 0.232 e. The first-order chi connectivity index (χ1) is 9.50. The number of aliphatic hydroxyl groups is 1. The zero-order chi connectivity index (χ0) is 14.3. The first-order valence-electron chi connectivity index (χ1n) is 6.77. The predicted molar refractivity (Wildman–Crippen MR) is 78.4 cm³/mol. The Balaban J connectivity index is 1.79. The highest BCUT2D eigenvalue weighted by Gasteiger charge is 2.46. The quantitative estimate of drug-likeness (QED) is 0.819.